The lowest BCUT2D eigenvalue weighted by Crippen LogP contribution is -2.40. The number of carbonyl (C=O) groups is 1. The van der Waals surface area contributed by atoms with Crippen molar-refractivity contribution in [3.8, 4) is 0 Å². The van der Waals surface area contributed by atoms with Crippen molar-refractivity contribution in [3.63, 3.8) is 0 Å². The minimum Gasteiger partial charge on any atom is -0.399 e. The summed E-state index contributed by atoms with van der Waals surface area (Å²) in [5.41, 5.74) is 5.82. The highest BCUT2D eigenvalue weighted by atomic mass is 19.1. The summed E-state index contributed by atoms with van der Waals surface area (Å²) < 4.78 is 19.3. The number of hydrogen-bond donors (Lipinski definition) is 2. The number of aryl methyl sites for hydroxylation is 1. The van der Waals surface area contributed by atoms with Crippen molar-refractivity contribution in [3.05, 3.63) is 29.1 Å². The van der Waals surface area contributed by atoms with Gasteiger partial charge in [0.05, 0.1) is 11.2 Å². The zero-order chi connectivity index (χ0) is 14.6. The molecule has 19 heavy (non-hydrogen) atoms. The van der Waals surface area contributed by atoms with Crippen molar-refractivity contribution < 1.29 is 13.9 Å². The van der Waals surface area contributed by atoms with Gasteiger partial charge in [-0.2, -0.15) is 0 Å². The van der Waals surface area contributed by atoms with E-state index in [1.54, 1.807) is 6.92 Å². The second kappa shape index (κ2) is 6.02. The summed E-state index contributed by atoms with van der Waals surface area (Å²) >= 11 is 0. The van der Waals surface area contributed by atoms with Gasteiger partial charge in [-0.3, -0.25) is 4.79 Å². The molecule has 0 radical (unpaired) electrons. The van der Waals surface area contributed by atoms with Gasteiger partial charge in [-0.1, -0.05) is 0 Å². The van der Waals surface area contributed by atoms with Gasteiger partial charge in [0.25, 0.3) is 5.91 Å². The number of rotatable bonds is 5. The van der Waals surface area contributed by atoms with Crippen LogP contribution in [-0.2, 0) is 4.74 Å². The highest BCUT2D eigenvalue weighted by Gasteiger charge is 2.21. The van der Waals surface area contributed by atoms with E-state index in [0.717, 1.165) is 0 Å². The number of benzene rings is 1. The van der Waals surface area contributed by atoms with Crippen LogP contribution in [0.2, 0.25) is 0 Å². The molecule has 0 aliphatic rings. The Kier molecular flexibility index (Phi) is 4.89. The SMILES string of the molecule is CCOC(C)(C)CNC(=O)c1cc(N)cc(C)c1F. The number of nitrogens with two attached hydrogens (primary N) is 1. The Morgan fingerprint density at radius 1 is 1.47 bits per heavy atom. The van der Waals surface area contributed by atoms with Crippen LogP contribution >= 0.6 is 0 Å². The van der Waals surface area contributed by atoms with Crippen LogP contribution in [0.4, 0.5) is 10.1 Å². The third-order valence-electron chi connectivity index (χ3n) is 2.73. The van der Waals surface area contributed by atoms with Gasteiger partial charge in [-0.05, 0) is 45.4 Å². The maximum absolute atomic E-state index is 13.9. The Hall–Kier alpha value is -1.62. The largest absolute Gasteiger partial charge is 0.399 e. The smallest absolute Gasteiger partial charge is 0.254 e. The van der Waals surface area contributed by atoms with Crippen LogP contribution in [0, 0.1) is 12.7 Å². The first kappa shape index (κ1) is 15.4. The molecule has 1 aromatic carbocycles. The maximum Gasteiger partial charge on any atom is 0.254 e. The molecule has 0 aliphatic carbocycles. The molecule has 0 aromatic heterocycles. The lowest BCUT2D eigenvalue weighted by molar-refractivity contribution is -0.00818. The maximum atomic E-state index is 13.9. The van der Waals surface area contributed by atoms with Gasteiger partial charge < -0.3 is 15.8 Å². The Bertz CT molecular complexity index is 473. The van der Waals surface area contributed by atoms with E-state index in [-0.39, 0.29) is 5.56 Å². The van der Waals surface area contributed by atoms with E-state index >= 15 is 0 Å². The Balaban J connectivity index is 2.80. The van der Waals surface area contributed by atoms with Crippen molar-refractivity contribution in [1.82, 2.24) is 5.32 Å². The molecule has 0 saturated heterocycles. The van der Waals surface area contributed by atoms with Crippen LogP contribution in [0.1, 0.15) is 36.7 Å². The fourth-order valence-electron chi connectivity index (χ4n) is 1.79. The average Bonchev–Trinajstić information content (AvgIpc) is 2.31. The fraction of sp³-hybridized carbons (Fsp3) is 0.500. The lowest BCUT2D eigenvalue weighted by atomic mass is 10.1. The minimum absolute atomic E-state index is 0.0372. The van der Waals surface area contributed by atoms with E-state index in [2.05, 4.69) is 5.32 Å². The number of carbonyl (C=O) groups excluding carboxylic acids is 1. The van der Waals surface area contributed by atoms with Gasteiger partial charge in [0.1, 0.15) is 5.82 Å². The molecule has 0 spiro atoms. The van der Waals surface area contributed by atoms with Crippen molar-refractivity contribution in [2.75, 3.05) is 18.9 Å². The molecule has 0 unspecified atom stereocenters. The normalized spacial score (nSPS) is 11.4. The van der Waals surface area contributed by atoms with Gasteiger partial charge in [0.15, 0.2) is 0 Å². The van der Waals surface area contributed by atoms with Gasteiger partial charge >= 0.3 is 0 Å². The van der Waals surface area contributed by atoms with Crippen molar-refractivity contribution in [2.24, 2.45) is 0 Å². The number of ether oxygens (including phenoxy) is 1. The third kappa shape index (κ3) is 4.21. The zero-order valence-corrected chi connectivity index (χ0v) is 11.8. The summed E-state index contributed by atoms with van der Waals surface area (Å²) in [6.45, 7) is 8.02. The predicted molar refractivity (Wildman–Crippen MR) is 73.6 cm³/mol. The molecule has 1 aromatic rings. The number of hydrogen-bond acceptors (Lipinski definition) is 3. The number of anilines is 1. The van der Waals surface area contributed by atoms with Gasteiger partial charge in [-0.25, -0.2) is 4.39 Å². The second-order valence-electron chi connectivity index (χ2n) is 5.07. The molecule has 1 amide bonds. The summed E-state index contributed by atoms with van der Waals surface area (Å²) in [5.74, 6) is -1.03. The van der Waals surface area contributed by atoms with E-state index < -0.39 is 17.3 Å². The molecule has 0 atom stereocenters. The predicted octanol–water partition coefficient (Wildman–Crippen LogP) is 2.26. The fourth-order valence-corrected chi connectivity index (χ4v) is 1.79. The van der Waals surface area contributed by atoms with E-state index in [4.69, 9.17) is 10.5 Å². The van der Waals surface area contributed by atoms with Gasteiger partial charge in [0.2, 0.25) is 0 Å². The quantitative estimate of drug-likeness (QED) is 0.805. The minimum atomic E-state index is -0.541. The van der Waals surface area contributed by atoms with Gasteiger partial charge in [-0.15, -0.1) is 0 Å². The molecule has 0 heterocycles. The summed E-state index contributed by atoms with van der Waals surface area (Å²) in [6.07, 6.45) is 0. The van der Waals surface area contributed by atoms with Crippen molar-refractivity contribution in [1.29, 1.82) is 0 Å². The first-order valence-electron chi connectivity index (χ1n) is 6.24. The molecule has 5 heteroatoms. The molecule has 4 nitrogen and oxygen atoms in total. The van der Waals surface area contributed by atoms with Crippen LogP contribution in [0.15, 0.2) is 12.1 Å². The monoisotopic (exact) mass is 268 g/mol. The third-order valence-corrected chi connectivity index (χ3v) is 2.73. The Morgan fingerprint density at radius 3 is 2.68 bits per heavy atom. The molecule has 106 valence electrons. The molecule has 3 N–H and O–H groups in total. The summed E-state index contributed by atoms with van der Waals surface area (Å²) in [7, 11) is 0. The highest BCUT2D eigenvalue weighted by molar-refractivity contribution is 5.95. The number of nitrogens with one attached hydrogen (secondary N) is 1. The molecule has 0 fully saturated rings. The van der Waals surface area contributed by atoms with Gasteiger partial charge in [0, 0.05) is 18.8 Å². The first-order valence-corrected chi connectivity index (χ1v) is 6.24. The Morgan fingerprint density at radius 2 is 2.11 bits per heavy atom. The molecule has 0 bridgehead atoms. The molecule has 0 aliphatic heterocycles. The lowest BCUT2D eigenvalue weighted by Gasteiger charge is -2.25. The zero-order valence-electron chi connectivity index (χ0n) is 11.8. The van der Waals surface area contributed by atoms with Crippen LogP contribution in [-0.4, -0.2) is 24.7 Å². The van der Waals surface area contributed by atoms with Crippen LogP contribution in [0.3, 0.4) is 0 Å². The Labute approximate surface area is 113 Å². The van der Waals surface area contributed by atoms with Crippen LogP contribution in [0.5, 0.6) is 0 Å². The number of halogens is 1. The average molecular weight is 268 g/mol. The number of nitrogen functional groups attached to an aromatic ring is 1. The summed E-state index contributed by atoms with van der Waals surface area (Å²) in [5, 5.41) is 2.66. The van der Waals surface area contributed by atoms with Crippen molar-refractivity contribution in [2.45, 2.75) is 33.3 Å². The summed E-state index contributed by atoms with van der Waals surface area (Å²) in [4.78, 5) is 12.0. The van der Waals surface area contributed by atoms with E-state index in [1.165, 1.54) is 12.1 Å². The second-order valence-corrected chi connectivity index (χ2v) is 5.07. The number of amides is 1. The van der Waals surface area contributed by atoms with Crippen LogP contribution in [0.25, 0.3) is 0 Å². The topological polar surface area (TPSA) is 64.3 Å². The van der Waals surface area contributed by atoms with E-state index in [9.17, 15) is 9.18 Å². The van der Waals surface area contributed by atoms with E-state index in [0.29, 0.717) is 24.4 Å². The molecular formula is C14H21FN2O2. The molecular weight excluding hydrogens is 247 g/mol. The van der Waals surface area contributed by atoms with Crippen molar-refractivity contribution >= 4 is 11.6 Å². The highest BCUT2D eigenvalue weighted by Crippen LogP contribution is 2.17. The van der Waals surface area contributed by atoms with Crippen LogP contribution < -0.4 is 11.1 Å². The standard InChI is InChI=1S/C14H21FN2O2/c1-5-19-14(3,4)8-17-13(18)11-7-10(16)6-9(2)12(11)15/h6-7H,5,8,16H2,1-4H3,(H,17,18). The molecule has 0 saturated carbocycles. The van der Waals surface area contributed by atoms with E-state index in [1.807, 2.05) is 20.8 Å². The first-order chi connectivity index (χ1) is 8.76. The molecule has 1 rings (SSSR count). The summed E-state index contributed by atoms with van der Waals surface area (Å²) in [6, 6.07) is 2.83.